The molecule has 0 atom stereocenters. The van der Waals surface area contributed by atoms with Gasteiger partial charge in [0.1, 0.15) is 30.3 Å². The van der Waals surface area contributed by atoms with Crippen LogP contribution >= 0.6 is 0 Å². The molecule has 0 amide bonds. The number of nitro groups is 1. The highest BCUT2D eigenvalue weighted by Gasteiger charge is 2.17. The second-order valence-corrected chi connectivity index (χ2v) is 4.76. The number of non-ortho nitro benzene ring substituents is 1. The summed E-state index contributed by atoms with van der Waals surface area (Å²) in [6, 6.07) is 10.9. The lowest BCUT2D eigenvalue weighted by atomic mass is 10.2. The largest absolute Gasteiger partial charge is 0.490 e. The summed E-state index contributed by atoms with van der Waals surface area (Å²) in [5, 5.41) is 19.8. The molecule has 0 aromatic heterocycles. The molecule has 0 unspecified atom stereocenters. The number of hydrogen-bond donors (Lipinski definition) is 1. The molecule has 2 aromatic rings. The van der Waals surface area contributed by atoms with Crippen LogP contribution in [0.1, 0.15) is 15.9 Å². The van der Waals surface area contributed by atoms with E-state index in [0.717, 1.165) is 11.6 Å². The number of carboxylic acid groups (broad SMARTS) is 1. The molecule has 7 heteroatoms. The fraction of sp³-hybridized carbons (Fsp3) is 0.188. The molecule has 0 radical (unpaired) electrons. The number of aryl methyl sites for hydroxylation is 1. The fourth-order valence-corrected chi connectivity index (χ4v) is 1.94. The van der Waals surface area contributed by atoms with Gasteiger partial charge < -0.3 is 14.6 Å². The minimum absolute atomic E-state index is 0.0657. The number of rotatable bonds is 7. The number of carboxylic acids is 1. The Morgan fingerprint density at radius 3 is 2.57 bits per heavy atom. The van der Waals surface area contributed by atoms with E-state index in [2.05, 4.69) is 0 Å². The van der Waals surface area contributed by atoms with Gasteiger partial charge in [0.25, 0.3) is 5.69 Å². The molecule has 2 rings (SSSR count). The molecular formula is C16H15NO6. The van der Waals surface area contributed by atoms with Crippen molar-refractivity contribution in [3.8, 4) is 11.5 Å². The van der Waals surface area contributed by atoms with E-state index in [0.29, 0.717) is 5.75 Å². The molecule has 0 saturated heterocycles. The summed E-state index contributed by atoms with van der Waals surface area (Å²) in [6.07, 6.45) is 0. The van der Waals surface area contributed by atoms with Crippen molar-refractivity contribution in [3.63, 3.8) is 0 Å². The van der Waals surface area contributed by atoms with Crippen LogP contribution in [0.25, 0.3) is 0 Å². The predicted molar refractivity (Wildman–Crippen MR) is 82.2 cm³/mol. The van der Waals surface area contributed by atoms with E-state index in [1.165, 1.54) is 12.1 Å². The van der Waals surface area contributed by atoms with E-state index in [1.807, 2.05) is 31.2 Å². The van der Waals surface area contributed by atoms with Crippen molar-refractivity contribution in [2.75, 3.05) is 13.2 Å². The number of aromatic carboxylic acids is 1. The topological polar surface area (TPSA) is 98.9 Å². The monoisotopic (exact) mass is 317 g/mol. The van der Waals surface area contributed by atoms with Gasteiger partial charge in [-0.1, -0.05) is 12.1 Å². The summed E-state index contributed by atoms with van der Waals surface area (Å²) >= 11 is 0. The lowest BCUT2D eigenvalue weighted by Crippen LogP contribution is -2.11. The molecule has 120 valence electrons. The molecule has 0 saturated carbocycles. The molecule has 7 nitrogen and oxygen atoms in total. The molecule has 0 spiro atoms. The normalized spacial score (nSPS) is 10.1. The van der Waals surface area contributed by atoms with Crippen molar-refractivity contribution in [1.82, 2.24) is 0 Å². The first-order chi connectivity index (χ1) is 11.0. The lowest BCUT2D eigenvalue weighted by molar-refractivity contribution is -0.384. The van der Waals surface area contributed by atoms with Crippen LogP contribution in [-0.2, 0) is 0 Å². The highest BCUT2D eigenvalue weighted by atomic mass is 16.6. The van der Waals surface area contributed by atoms with Gasteiger partial charge in [-0.05, 0) is 30.7 Å². The van der Waals surface area contributed by atoms with Gasteiger partial charge in [0.05, 0.1) is 4.92 Å². The summed E-state index contributed by atoms with van der Waals surface area (Å²) < 4.78 is 10.8. The van der Waals surface area contributed by atoms with Crippen LogP contribution in [0.3, 0.4) is 0 Å². The van der Waals surface area contributed by atoms with E-state index in [1.54, 1.807) is 0 Å². The second-order valence-electron chi connectivity index (χ2n) is 4.76. The number of carbonyl (C=O) groups is 1. The van der Waals surface area contributed by atoms with E-state index in [-0.39, 0.29) is 30.2 Å². The Hall–Kier alpha value is -3.09. The SMILES string of the molecule is Cc1cccc(OCCOc2ccc([N+](=O)[O-])cc2C(=O)O)c1. The summed E-state index contributed by atoms with van der Waals surface area (Å²) in [4.78, 5) is 21.2. The molecule has 1 N–H and O–H groups in total. The van der Waals surface area contributed by atoms with Crippen LogP contribution in [0.15, 0.2) is 42.5 Å². The van der Waals surface area contributed by atoms with E-state index in [4.69, 9.17) is 14.6 Å². The zero-order chi connectivity index (χ0) is 16.8. The summed E-state index contributed by atoms with van der Waals surface area (Å²) in [6.45, 7) is 2.28. The van der Waals surface area contributed by atoms with Crippen LogP contribution in [0.4, 0.5) is 5.69 Å². The first kappa shape index (κ1) is 16.3. The first-order valence-corrected chi connectivity index (χ1v) is 6.81. The average molecular weight is 317 g/mol. The van der Waals surface area contributed by atoms with E-state index in [9.17, 15) is 14.9 Å². The van der Waals surface area contributed by atoms with Crippen molar-refractivity contribution in [1.29, 1.82) is 0 Å². The Morgan fingerprint density at radius 1 is 1.17 bits per heavy atom. The van der Waals surface area contributed by atoms with Crippen molar-refractivity contribution in [3.05, 3.63) is 63.7 Å². The first-order valence-electron chi connectivity index (χ1n) is 6.81. The van der Waals surface area contributed by atoms with Gasteiger partial charge in [0.15, 0.2) is 0 Å². The maximum Gasteiger partial charge on any atom is 0.339 e. The number of nitro benzene ring substituents is 1. The van der Waals surface area contributed by atoms with Gasteiger partial charge in [0.2, 0.25) is 0 Å². The highest BCUT2D eigenvalue weighted by molar-refractivity contribution is 5.91. The minimum atomic E-state index is -1.29. The third-order valence-electron chi connectivity index (χ3n) is 3.00. The molecule has 0 heterocycles. The number of hydrogen-bond acceptors (Lipinski definition) is 5. The Kier molecular flexibility index (Phi) is 5.14. The number of benzene rings is 2. The van der Waals surface area contributed by atoms with Crippen molar-refractivity contribution in [2.24, 2.45) is 0 Å². The van der Waals surface area contributed by atoms with Crippen LogP contribution in [0.2, 0.25) is 0 Å². The predicted octanol–water partition coefficient (Wildman–Crippen LogP) is 3.06. The molecular weight excluding hydrogens is 302 g/mol. The summed E-state index contributed by atoms with van der Waals surface area (Å²) in [5.74, 6) is -0.532. The van der Waals surface area contributed by atoms with Gasteiger partial charge in [-0.15, -0.1) is 0 Å². The van der Waals surface area contributed by atoms with Gasteiger partial charge >= 0.3 is 5.97 Å². The molecule has 0 aliphatic heterocycles. The molecule has 2 aromatic carbocycles. The van der Waals surface area contributed by atoms with Crippen LogP contribution in [0.5, 0.6) is 11.5 Å². The smallest absolute Gasteiger partial charge is 0.339 e. The van der Waals surface area contributed by atoms with Crippen molar-refractivity contribution >= 4 is 11.7 Å². The highest BCUT2D eigenvalue weighted by Crippen LogP contribution is 2.24. The summed E-state index contributed by atoms with van der Waals surface area (Å²) in [7, 11) is 0. The average Bonchev–Trinajstić information content (AvgIpc) is 2.51. The Labute approximate surface area is 132 Å². The quantitative estimate of drug-likeness (QED) is 0.478. The Balaban J connectivity index is 1.97. The molecule has 0 fully saturated rings. The Morgan fingerprint density at radius 2 is 1.91 bits per heavy atom. The fourth-order valence-electron chi connectivity index (χ4n) is 1.94. The molecule has 0 aliphatic rings. The van der Waals surface area contributed by atoms with Gasteiger partial charge in [-0.25, -0.2) is 4.79 Å². The molecule has 23 heavy (non-hydrogen) atoms. The minimum Gasteiger partial charge on any atom is -0.490 e. The lowest BCUT2D eigenvalue weighted by Gasteiger charge is -2.10. The molecule has 0 bridgehead atoms. The zero-order valence-electron chi connectivity index (χ0n) is 12.4. The maximum atomic E-state index is 11.2. The van der Waals surface area contributed by atoms with Gasteiger partial charge in [0, 0.05) is 12.1 Å². The maximum absolute atomic E-state index is 11.2. The van der Waals surface area contributed by atoms with Gasteiger partial charge in [-0.3, -0.25) is 10.1 Å². The van der Waals surface area contributed by atoms with E-state index >= 15 is 0 Å². The third-order valence-corrected chi connectivity index (χ3v) is 3.00. The summed E-state index contributed by atoms with van der Waals surface area (Å²) in [5.41, 5.74) is 0.507. The third kappa shape index (κ3) is 4.44. The zero-order valence-corrected chi connectivity index (χ0v) is 12.4. The number of nitrogens with zero attached hydrogens (tertiary/aromatic N) is 1. The second kappa shape index (κ2) is 7.26. The molecule has 0 aliphatic carbocycles. The van der Waals surface area contributed by atoms with Crippen LogP contribution in [0, 0.1) is 17.0 Å². The van der Waals surface area contributed by atoms with E-state index < -0.39 is 10.9 Å². The Bertz CT molecular complexity index is 728. The number of ether oxygens (including phenoxy) is 2. The van der Waals surface area contributed by atoms with Gasteiger partial charge in [-0.2, -0.15) is 0 Å². The standard InChI is InChI=1S/C16H15NO6/c1-11-3-2-4-13(9-11)22-7-8-23-15-6-5-12(17(20)21)10-14(15)16(18)19/h2-6,9-10H,7-8H2,1H3,(H,18,19). The van der Waals surface area contributed by atoms with Crippen LogP contribution in [-0.4, -0.2) is 29.2 Å². The van der Waals surface area contributed by atoms with Crippen molar-refractivity contribution < 1.29 is 24.3 Å². The van der Waals surface area contributed by atoms with Crippen molar-refractivity contribution in [2.45, 2.75) is 6.92 Å². The van der Waals surface area contributed by atoms with Crippen LogP contribution < -0.4 is 9.47 Å².